The Balaban J connectivity index is 3.20. The smallest absolute Gasteiger partial charge is 0.150 e. The van der Waals surface area contributed by atoms with Gasteiger partial charge in [-0.05, 0) is 6.92 Å². The van der Waals surface area contributed by atoms with Gasteiger partial charge in [0, 0.05) is 18.5 Å². The molecule has 0 aliphatic heterocycles. The molecule has 1 rings (SSSR count). The molecule has 0 aliphatic carbocycles. The molecule has 1 aromatic rings. The minimum atomic E-state index is -0.510. The maximum atomic E-state index is 9.32. The van der Waals surface area contributed by atoms with E-state index in [4.69, 9.17) is 17.3 Å². The van der Waals surface area contributed by atoms with Gasteiger partial charge in [0.05, 0.1) is 18.6 Å². The van der Waals surface area contributed by atoms with Crippen molar-refractivity contribution in [3.63, 3.8) is 0 Å². The van der Waals surface area contributed by atoms with Gasteiger partial charge in [0.2, 0.25) is 0 Å². The number of halogens is 1. The first-order valence-electron chi connectivity index (χ1n) is 4.61. The molecule has 4 nitrogen and oxygen atoms in total. The van der Waals surface area contributed by atoms with E-state index in [0.29, 0.717) is 11.7 Å². The van der Waals surface area contributed by atoms with Crippen molar-refractivity contribution < 1.29 is 5.11 Å². The summed E-state index contributed by atoms with van der Waals surface area (Å²) < 4.78 is 1.91. The summed E-state index contributed by atoms with van der Waals surface area (Å²) in [5, 5.41) is 9.75. The molecule has 5 heteroatoms. The van der Waals surface area contributed by atoms with Crippen molar-refractivity contribution in [1.29, 1.82) is 0 Å². The highest BCUT2D eigenvalue weighted by Crippen LogP contribution is 2.28. The number of aliphatic hydroxyl groups is 1. The SMILES string of the molecule is CCn1cnc(Cl)c1C(C)(CN)CO. The zero-order valence-corrected chi connectivity index (χ0v) is 9.25. The number of rotatable bonds is 4. The lowest BCUT2D eigenvalue weighted by molar-refractivity contribution is 0.203. The van der Waals surface area contributed by atoms with Crippen LogP contribution in [0, 0.1) is 0 Å². The van der Waals surface area contributed by atoms with Gasteiger partial charge in [-0.3, -0.25) is 0 Å². The van der Waals surface area contributed by atoms with Crippen LogP contribution >= 0.6 is 11.6 Å². The Bertz CT molecular complexity index is 307. The highest BCUT2D eigenvalue weighted by molar-refractivity contribution is 6.30. The molecule has 1 unspecified atom stereocenters. The van der Waals surface area contributed by atoms with Gasteiger partial charge >= 0.3 is 0 Å². The van der Waals surface area contributed by atoms with E-state index in [1.807, 2.05) is 18.4 Å². The zero-order valence-electron chi connectivity index (χ0n) is 8.50. The van der Waals surface area contributed by atoms with E-state index in [0.717, 1.165) is 12.2 Å². The number of hydrogen-bond acceptors (Lipinski definition) is 3. The van der Waals surface area contributed by atoms with Gasteiger partial charge in [-0.2, -0.15) is 0 Å². The van der Waals surface area contributed by atoms with Crippen molar-refractivity contribution >= 4 is 11.6 Å². The summed E-state index contributed by atoms with van der Waals surface area (Å²) in [6.45, 7) is 4.95. The Morgan fingerprint density at radius 2 is 2.36 bits per heavy atom. The third kappa shape index (κ3) is 1.78. The van der Waals surface area contributed by atoms with Crippen LogP contribution in [0.3, 0.4) is 0 Å². The van der Waals surface area contributed by atoms with Crippen molar-refractivity contribution in [2.45, 2.75) is 25.8 Å². The van der Waals surface area contributed by atoms with E-state index in [1.165, 1.54) is 0 Å². The third-order valence-corrected chi connectivity index (χ3v) is 2.78. The maximum absolute atomic E-state index is 9.32. The molecular formula is C9H16ClN3O. The molecule has 0 aromatic carbocycles. The number of nitrogens with two attached hydrogens (primary N) is 1. The van der Waals surface area contributed by atoms with E-state index in [9.17, 15) is 5.11 Å². The molecule has 1 heterocycles. The summed E-state index contributed by atoms with van der Waals surface area (Å²) in [5.74, 6) is 0. The van der Waals surface area contributed by atoms with Crippen molar-refractivity contribution in [3.05, 3.63) is 17.2 Å². The minimum absolute atomic E-state index is 0.0328. The van der Waals surface area contributed by atoms with Gasteiger partial charge in [0.1, 0.15) is 0 Å². The molecule has 0 spiro atoms. The normalized spacial score (nSPS) is 15.5. The number of hydrogen-bond donors (Lipinski definition) is 2. The predicted molar refractivity (Wildman–Crippen MR) is 56.4 cm³/mol. The highest BCUT2D eigenvalue weighted by Gasteiger charge is 2.30. The lowest BCUT2D eigenvalue weighted by Crippen LogP contribution is -2.37. The highest BCUT2D eigenvalue weighted by atomic mass is 35.5. The zero-order chi connectivity index (χ0) is 10.8. The van der Waals surface area contributed by atoms with Crippen LogP contribution in [0.25, 0.3) is 0 Å². The fourth-order valence-electron chi connectivity index (χ4n) is 1.43. The second-order valence-corrected chi connectivity index (χ2v) is 3.95. The Morgan fingerprint density at radius 3 is 2.79 bits per heavy atom. The van der Waals surface area contributed by atoms with E-state index in [2.05, 4.69) is 4.98 Å². The Hall–Kier alpha value is -0.580. The molecule has 0 saturated heterocycles. The molecular weight excluding hydrogens is 202 g/mol. The standard InChI is InChI=1S/C9H16ClN3O/c1-3-13-6-12-8(10)7(13)9(2,4-11)5-14/h6,14H,3-5,11H2,1-2H3. The van der Waals surface area contributed by atoms with Crippen LogP contribution in [0.5, 0.6) is 0 Å². The van der Waals surface area contributed by atoms with Gasteiger partial charge in [-0.1, -0.05) is 18.5 Å². The van der Waals surface area contributed by atoms with Gasteiger partial charge in [0.15, 0.2) is 5.15 Å². The Kier molecular flexibility index (Phi) is 3.53. The number of imidazole rings is 1. The Morgan fingerprint density at radius 1 is 1.71 bits per heavy atom. The molecule has 0 aliphatic rings. The number of aryl methyl sites for hydroxylation is 1. The third-order valence-electron chi connectivity index (χ3n) is 2.50. The predicted octanol–water partition coefficient (Wildman–Crippen LogP) is 0.765. The van der Waals surface area contributed by atoms with Crippen LogP contribution in [-0.4, -0.2) is 27.8 Å². The average molecular weight is 218 g/mol. The van der Waals surface area contributed by atoms with Gasteiger partial charge in [0.25, 0.3) is 0 Å². The molecule has 0 bridgehead atoms. The molecule has 0 radical (unpaired) electrons. The van der Waals surface area contributed by atoms with Crippen LogP contribution in [0.4, 0.5) is 0 Å². The van der Waals surface area contributed by atoms with Gasteiger partial charge in [-0.25, -0.2) is 4.98 Å². The average Bonchev–Trinajstić information content (AvgIpc) is 2.59. The lowest BCUT2D eigenvalue weighted by atomic mass is 9.88. The summed E-state index contributed by atoms with van der Waals surface area (Å²) in [4.78, 5) is 4.01. The summed E-state index contributed by atoms with van der Waals surface area (Å²) >= 11 is 5.97. The minimum Gasteiger partial charge on any atom is -0.395 e. The summed E-state index contributed by atoms with van der Waals surface area (Å²) in [6, 6.07) is 0. The molecule has 3 N–H and O–H groups in total. The largest absolute Gasteiger partial charge is 0.395 e. The first kappa shape index (κ1) is 11.5. The maximum Gasteiger partial charge on any atom is 0.150 e. The molecule has 0 fully saturated rings. The fourth-order valence-corrected chi connectivity index (χ4v) is 1.81. The van der Waals surface area contributed by atoms with Crippen LogP contribution in [0.2, 0.25) is 5.15 Å². The number of nitrogens with zero attached hydrogens (tertiary/aromatic N) is 2. The molecule has 0 saturated carbocycles. The number of aromatic nitrogens is 2. The van der Waals surface area contributed by atoms with Crippen LogP contribution in [-0.2, 0) is 12.0 Å². The van der Waals surface area contributed by atoms with Crippen LogP contribution in [0.15, 0.2) is 6.33 Å². The molecule has 1 atom stereocenters. The second-order valence-electron chi connectivity index (χ2n) is 3.59. The summed E-state index contributed by atoms with van der Waals surface area (Å²) in [7, 11) is 0. The van der Waals surface area contributed by atoms with Crippen LogP contribution in [0.1, 0.15) is 19.5 Å². The summed E-state index contributed by atoms with van der Waals surface area (Å²) in [5.41, 5.74) is 5.94. The monoisotopic (exact) mass is 217 g/mol. The molecule has 14 heavy (non-hydrogen) atoms. The van der Waals surface area contributed by atoms with Gasteiger partial charge in [-0.15, -0.1) is 0 Å². The van der Waals surface area contributed by atoms with Gasteiger partial charge < -0.3 is 15.4 Å². The van der Waals surface area contributed by atoms with E-state index < -0.39 is 5.41 Å². The van der Waals surface area contributed by atoms with Crippen molar-refractivity contribution in [1.82, 2.24) is 9.55 Å². The molecule has 0 amide bonds. The van der Waals surface area contributed by atoms with Crippen molar-refractivity contribution in [3.8, 4) is 0 Å². The first-order valence-corrected chi connectivity index (χ1v) is 4.99. The van der Waals surface area contributed by atoms with E-state index >= 15 is 0 Å². The van der Waals surface area contributed by atoms with Crippen molar-refractivity contribution in [2.75, 3.05) is 13.2 Å². The lowest BCUT2D eigenvalue weighted by Gasteiger charge is -2.26. The quantitative estimate of drug-likeness (QED) is 0.783. The van der Waals surface area contributed by atoms with Crippen molar-refractivity contribution in [2.24, 2.45) is 5.73 Å². The second kappa shape index (κ2) is 4.29. The first-order chi connectivity index (χ1) is 6.59. The molecule has 80 valence electrons. The van der Waals surface area contributed by atoms with E-state index in [1.54, 1.807) is 6.33 Å². The fraction of sp³-hybridized carbons (Fsp3) is 0.667. The Labute approximate surface area is 88.7 Å². The topological polar surface area (TPSA) is 64.1 Å². The number of aliphatic hydroxyl groups excluding tert-OH is 1. The summed E-state index contributed by atoms with van der Waals surface area (Å²) in [6.07, 6.45) is 1.67. The van der Waals surface area contributed by atoms with E-state index in [-0.39, 0.29) is 6.61 Å². The molecule has 1 aromatic heterocycles. The van der Waals surface area contributed by atoms with Crippen LogP contribution < -0.4 is 5.73 Å².